The Morgan fingerprint density at radius 1 is 1.14 bits per heavy atom. The van der Waals surface area contributed by atoms with E-state index in [-0.39, 0.29) is 0 Å². The molecule has 0 atom stereocenters. The van der Waals surface area contributed by atoms with Crippen molar-refractivity contribution in [3.8, 4) is 0 Å². The highest BCUT2D eigenvalue weighted by atomic mass is 15.1. The maximum absolute atomic E-state index is 2.43. The van der Waals surface area contributed by atoms with Gasteiger partial charge in [-0.3, -0.25) is 0 Å². The maximum atomic E-state index is 2.43. The minimum atomic E-state index is 0.799. The zero-order valence-corrected chi connectivity index (χ0v) is 9.16. The summed E-state index contributed by atoms with van der Waals surface area (Å²) in [5.74, 6) is 0.799. The summed E-state index contributed by atoms with van der Waals surface area (Å²) < 4.78 is 0. The van der Waals surface area contributed by atoms with Crippen molar-refractivity contribution in [3.05, 3.63) is 35.4 Å². The van der Waals surface area contributed by atoms with E-state index in [9.17, 15) is 0 Å². The molecule has 1 aromatic carbocycles. The molecule has 0 aromatic heterocycles. The van der Waals surface area contributed by atoms with Gasteiger partial charge >= 0.3 is 0 Å². The lowest BCUT2D eigenvalue weighted by Crippen LogP contribution is -2.29. The van der Waals surface area contributed by atoms with E-state index in [1.807, 2.05) is 0 Å². The van der Waals surface area contributed by atoms with Crippen LogP contribution in [0.5, 0.6) is 0 Å². The number of aryl methyl sites for hydroxylation is 1. The summed E-state index contributed by atoms with van der Waals surface area (Å²) in [7, 11) is 2.22. The van der Waals surface area contributed by atoms with Crippen molar-refractivity contribution in [2.24, 2.45) is 0 Å². The van der Waals surface area contributed by atoms with Crippen LogP contribution in [0.15, 0.2) is 24.3 Å². The molecule has 1 saturated heterocycles. The Labute approximate surface area is 86.7 Å². The topological polar surface area (TPSA) is 3.24 Å². The van der Waals surface area contributed by atoms with Crippen molar-refractivity contribution < 1.29 is 0 Å². The predicted octanol–water partition coefficient (Wildman–Crippen LogP) is 2.80. The van der Waals surface area contributed by atoms with Crippen LogP contribution in [-0.4, -0.2) is 25.0 Å². The van der Waals surface area contributed by atoms with Gasteiger partial charge in [0.15, 0.2) is 0 Å². The molecule has 1 nitrogen and oxygen atoms in total. The van der Waals surface area contributed by atoms with Crippen LogP contribution in [-0.2, 0) is 0 Å². The molecule has 0 unspecified atom stereocenters. The van der Waals surface area contributed by atoms with Gasteiger partial charge in [-0.05, 0) is 56.9 Å². The molecule has 1 aliphatic rings. The third kappa shape index (κ3) is 1.98. The second-order valence-corrected chi connectivity index (χ2v) is 4.43. The summed E-state index contributed by atoms with van der Waals surface area (Å²) in [5, 5.41) is 0. The van der Waals surface area contributed by atoms with Crippen molar-refractivity contribution in [3.63, 3.8) is 0 Å². The molecule has 1 heteroatoms. The molecular formula is C13H19N. The fraction of sp³-hybridized carbons (Fsp3) is 0.538. The van der Waals surface area contributed by atoms with Gasteiger partial charge in [0.2, 0.25) is 0 Å². The predicted molar refractivity (Wildman–Crippen MR) is 60.7 cm³/mol. The quantitative estimate of drug-likeness (QED) is 0.656. The molecule has 76 valence electrons. The molecule has 0 aliphatic carbocycles. The molecule has 0 radical (unpaired) electrons. The number of hydrogen-bond acceptors (Lipinski definition) is 1. The summed E-state index contributed by atoms with van der Waals surface area (Å²) in [5.41, 5.74) is 3.03. The first-order chi connectivity index (χ1) is 6.77. The SMILES string of the molecule is Cc1ccccc1C1CCN(C)CC1. The second kappa shape index (κ2) is 4.14. The lowest BCUT2D eigenvalue weighted by molar-refractivity contribution is 0.255. The number of hydrogen-bond donors (Lipinski definition) is 0. The lowest BCUT2D eigenvalue weighted by Gasteiger charge is -2.30. The van der Waals surface area contributed by atoms with Crippen LogP contribution in [0.4, 0.5) is 0 Å². The van der Waals surface area contributed by atoms with Gasteiger partial charge in [-0.15, -0.1) is 0 Å². The minimum Gasteiger partial charge on any atom is -0.306 e. The average molecular weight is 189 g/mol. The lowest BCUT2D eigenvalue weighted by atomic mass is 9.87. The van der Waals surface area contributed by atoms with Gasteiger partial charge in [0.05, 0.1) is 0 Å². The van der Waals surface area contributed by atoms with Crippen molar-refractivity contribution >= 4 is 0 Å². The van der Waals surface area contributed by atoms with Gasteiger partial charge in [0.25, 0.3) is 0 Å². The summed E-state index contributed by atoms with van der Waals surface area (Å²) in [6.07, 6.45) is 2.64. The van der Waals surface area contributed by atoms with Crippen LogP contribution in [0.1, 0.15) is 29.9 Å². The van der Waals surface area contributed by atoms with Crippen molar-refractivity contribution in [2.75, 3.05) is 20.1 Å². The van der Waals surface area contributed by atoms with Crippen molar-refractivity contribution in [1.29, 1.82) is 0 Å². The third-order valence-electron chi connectivity index (χ3n) is 3.35. The first kappa shape index (κ1) is 9.72. The highest BCUT2D eigenvalue weighted by Crippen LogP contribution is 2.29. The highest BCUT2D eigenvalue weighted by molar-refractivity contribution is 5.29. The van der Waals surface area contributed by atoms with Gasteiger partial charge in [0.1, 0.15) is 0 Å². The second-order valence-electron chi connectivity index (χ2n) is 4.43. The van der Waals surface area contributed by atoms with Crippen LogP contribution >= 0.6 is 0 Å². The van der Waals surface area contributed by atoms with E-state index in [1.54, 1.807) is 5.56 Å². The number of nitrogens with zero attached hydrogens (tertiary/aromatic N) is 1. The minimum absolute atomic E-state index is 0.799. The summed E-state index contributed by atoms with van der Waals surface area (Å²) in [4.78, 5) is 2.43. The smallest absolute Gasteiger partial charge is 0.00159 e. The normalized spacial score (nSPS) is 19.9. The van der Waals surface area contributed by atoms with Crippen LogP contribution in [0.3, 0.4) is 0 Å². The van der Waals surface area contributed by atoms with E-state index in [0.717, 1.165) is 5.92 Å². The van der Waals surface area contributed by atoms with Crippen LogP contribution in [0, 0.1) is 6.92 Å². The largest absolute Gasteiger partial charge is 0.306 e. The molecule has 1 heterocycles. The summed E-state index contributed by atoms with van der Waals surface area (Å²) in [6, 6.07) is 8.83. The summed E-state index contributed by atoms with van der Waals surface area (Å²) in [6.45, 7) is 4.73. The van der Waals surface area contributed by atoms with Gasteiger partial charge in [0, 0.05) is 0 Å². The molecule has 0 amide bonds. The number of benzene rings is 1. The van der Waals surface area contributed by atoms with Crippen LogP contribution < -0.4 is 0 Å². The van der Waals surface area contributed by atoms with E-state index < -0.39 is 0 Å². The molecule has 14 heavy (non-hydrogen) atoms. The van der Waals surface area contributed by atoms with E-state index in [0.29, 0.717) is 0 Å². The molecule has 2 rings (SSSR count). The van der Waals surface area contributed by atoms with E-state index in [1.165, 1.54) is 31.5 Å². The molecule has 1 aliphatic heterocycles. The van der Waals surface area contributed by atoms with Crippen LogP contribution in [0.25, 0.3) is 0 Å². The van der Waals surface area contributed by atoms with Gasteiger partial charge in [-0.2, -0.15) is 0 Å². The Morgan fingerprint density at radius 2 is 1.79 bits per heavy atom. The zero-order valence-electron chi connectivity index (χ0n) is 9.16. The van der Waals surface area contributed by atoms with E-state index >= 15 is 0 Å². The van der Waals surface area contributed by atoms with Gasteiger partial charge < -0.3 is 4.90 Å². The average Bonchev–Trinajstić information content (AvgIpc) is 2.20. The maximum Gasteiger partial charge on any atom is -0.00159 e. The Morgan fingerprint density at radius 3 is 2.43 bits per heavy atom. The van der Waals surface area contributed by atoms with E-state index in [4.69, 9.17) is 0 Å². The number of piperidine rings is 1. The van der Waals surface area contributed by atoms with Crippen LogP contribution in [0.2, 0.25) is 0 Å². The third-order valence-corrected chi connectivity index (χ3v) is 3.35. The zero-order chi connectivity index (χ0) is 9.97. The van der Waals surface area contributed by atoms with E-state index in [2.05, 4.69) is 43.1 Å². The summed E-state index contributed by atoms with van der Waals surface area (Å²) >= 11 is 0. The highest BCUT2D eigenvalue weighted by Gasteiger charge is 2.18. The molecule has 1 fully saturated rings. The number of likely N-dealkylation sites (tertiary alicyclic amines) is 1. The fourth-order valence-electron chi connectivity index (χ4n) is 2.36. The molecule has 0 saturated carbocycles. The Kier molecular flexibility index (Phi) is 2.87. The van der Waals surface area contributed by atoms with Gasteiger partial charge in [-0.1, -0.05) is 24.3 Å². The van der Waals surface area contributed by atoms with Crippen molar-refractivity contribution in [1.82, 2.24) is 4.90 Å². The molecule has 0 spiro atoms. The first-order valence-electron chi connectivity index (χ1n) is 5.51. The standard InChI is InChI=1S/C13H19N/c1-11-5-3-4-6-13(11)12-7-9-14(2)10-8-12/h3-6,12H,7-10H2,1-2H3. The van der Waals surface area contributed by atoms with Gasteiger partial charge in [-0.25, -0.2) is 0 Å². The number of rotatable bonds is 1. The monoisotopic (exact) mass is 189 g/mol. The van der Waals surface area contributed by atoms with Crippen molar-refractivity contribution in [2.45, 2.75) is 25.7 Å². The molecule has 0 N–H and O–H groups in total. The Bertz CT molecular complexity index is 298. The Hall–Kier alpha value is -0.820. The Balaban J connectivity index is 2.12. The molecule has 1 aromatic rings. The molecular weight excluding hydrogens is 170 g/mol. The fourth-order valence-corrected chi connectivity index (χ4v) is 2.36. The first-order valence-corrected chi connectivity index (χ1v) is 5.51. The molecule has 0 bridgehead atoms.